The van der Waals surface area contributed by atoms with Crippen LogP contribution in [0.25, 0.3) is 0 Å². The molecule has 2 fully saturated rings. The number of nitrogens with zero attached hydrogens (tertiary/aromatic N) is 1. The van der Waals surface area contributed by atoms with Gasteiger partial charge in [0.2, 0.25) is 0 Å². The van der Waals surface area contributed by atoms with Crippen molar-refractivity contribution in [3.63, 3.8) is 0 Å². The van der Waals surface area contributed by atoms with Crippen LogP contribution in [-0.4, -0.2) is 47.3 Å². The van der Waals surface area contributed by atoms with Crippen LogP contribution >= 0.6 is 0 Å². The lowest BCUT2D eigenvalue weighted by atomic mass is 9.79. The molecule has 0 saturated heterocycles. The maximum Gasteiger partial charge on any atom is 0.317 e. The van der Waals surface area contributed by atoms with E-state index in [2.05, 4.69) is 36.5 Å². The molecule has 3 rings (SSSR count). The molecule has 2 N–H and O–H groups in total. The standard InChI is InChI=1S/C29H46N2O4/c1-22-12-14-24(15-13-22)21-31(28(34)30-25-9-5-4-6-10-25)18-19-35-26-11-7-8-23(20-26)16-17-29(2,3)27(32)33/h12-15,23,25-26H,4-11,16-21H2,1-3H3,(H,30,34)(H,32,33)/t23-,26-/m0/s1. The minimum atomic E-state index is -0.721. The Hall–Kier alpha value is -2.08. The first-order chi connectivity index (χ1) is 16.7. The number of nitrogens with one attached hydrogen (secondary N) is 1. The summed E-state index contributed by atoms with van der Waals surface area (Å²) >= 11 is 0. The Labute approximate surface area is 211 Å². The number of hydrogen-bond donors (Lipinski definition) is 2. The Morgan fingerprint density at radius 3 is 2.46 bits per heavy atom. The molecular formula is C29H46N2O4. The van der Waals surface area contributed by atoms with Crippen molar-refractivity contribution in [3.8, 4) is 0 Å². The van der Waals surface area contributed by atoms with Crippen molar-refractivity contribution >= 4 is 12.0 Å². The van der Waals surface area contributed by atoms with E-state index in [1.54, 1.807) is 0 Å². The van der Waals surface area contributed by atoms with Crippen LogP contribution in [0.1, 0.15) is 95.6 Å². The van der Waals surface area contributed by atoms with Crippen molar-refractivity contribution in [1.82, 2.24) is 10.2 Å². The fourth-order valence-corrected chi connectivity index (χ4v) is 5.34. The van der Waals surface area contributed by atoms with E-state index >= 15 is 0 Å². The number of carbonyl (C=O) groups is 2. The molecule has 0 unspecified atom stereocenters. The minimum absolute atomic E-state index is 0.0125. The van der Waals surface area contributed by atoms with Crippen molar-refractivity contribution in [3.05, 3.63) is 35.4 Å². The predicted octanol–water partition coefficient (Wildman–Crippen LogP) is 6.31. The fourth-order valence-electron chi connectivity index (χ4n) is 5.34. The molecule has 196 valence electrons. The zero-order chi connectivity index (χ0) is 25.3. The molecule has 0 radical (unpaired) electrons. The maximum absolute atomic E-state index is 13.2. The van der Waals surface area contributed by atoms with Gasteiger partial charge in [0.25, 0.3) is 0 Å². The second-order valence-corrected chi connectivity index (χ2v) is 11.4. The van der Waals surface area contributed by atoms with E-state index in [1.807, 2.05) is 18.7 Å². The van der Waals surface area contributed by atoms with Crippen LogP contribution in [-0.2, 0) is 16.1 Å². The van der Waals surface area contributed by atoms with Gasteiger partial charge in [0.05, 0.1) is 18.1 Å². The van der Waals surface area contributed by atoms with Crippen LogP contribution < -0.4 is 5.32 Å². The topological polar surface area (TPSA) is 78.9 Å². The van der Waals surface area contributed by atoms with Gasteiger partial charge in [0, 0.05) is 19.1 Å². The van der Waals surface area contributed by atoms with E-state index < -0.39 is 11.4 Å². The highest BCUT2D eigenvalue weighted by atomic mass is 16.5. The van der Waals surface area contributed by atoms with E-state index in [0.29, 0.717) is 32.0 Å². The number of benzene rings is 1. The predicted molar refractivity (Wildman–Crippen MR) is 139 cm³/mol. The summed E-state index contributed by atoms with van der Waals surface area (Å²) in [5.41, 5.74) is 1.68. The molecule has 35 heavy (non-hydrogen) atoms. The average molecular weight is 487 g/mol. The van der Waals surface area contributed by atoms with Gasteiger partial charge < -0.3 is 20.1 Å². The summed E-state index contributed by atoms with van der Waals surface area (Å²) in [6.45, 7) is 7.38. The van der Waals surface area contributed by atoms with Gasteiger partial charge in [-0.05, 0) is 70.8 Å². The van der Waals surface area contributed by atoms with Gasteiger partial charge in [-0.2, -0.15) is 0 Å². The largest absolute Gasteiger partial charge is 0.481 e. The quantitative estimate of drug-likeness (QED) is 0.384. The highest BCUT2D eigenvalue weighted by Crippen LogP contribution is 2.33. The molecule has 2 saturated carbocycles. The molecule has 6 heteroatoms. The molecule has 2 amide bonds. The van der Waals surface area contributed by atoms with Gasteiger partial charge in [-0.15, -0.1) is 0 Å². The monoisotopic (exact) mass is 486 g/mol. The highest BCUT2D eigenvalue weighted by Gasteiger charge is 2.30. The number of carboxylic acid groups (broad SMARTS) is 1. The molecule has 6 nitrogen and oxygen atoms in total. The summed E-state index contributed by atoms with van der Waals surface area (Å²) in [5, 5.41) is 12.7. The van der Waals surface area contributed by atoms with Crippen LogP contribution in [0.3, 0.4) is 0 Å². The smallest absolute Gasteiger partial charge is 0.317 e. The normalized spacial score (nSPS) is 21.5. The van der Waals surface area contributed by atoms with E-state index in [1.165, 1.54) is 24.8 Å². The first-order valence-electron chi connectivity index (χ1n) is 13.7. The highest BCUT2D eigenvalue weighted by molar-refractivity contribution is 5.74. The summed E-state index contributed by atoms with van der Waals surface area (Å²) in [5.74, 6) is -0.202. The SMILES string of the molecule is Cc1ccc(CN(CCO[C@H]2CCC[C@@H](CCC(C)(C)C(=O)O)C2)C(=O)NC2CCCCC2)cc1. The minimum Gasteiger partial charge on any atom is -0.481 e. The molecule has 2 atom stereocenters. The van der Waals surface area contributed by atoms with Gasteiger partial charge in [-0.3, -0.25) is 4.79 Å². The van der Waals surface area contributed by atoms with Crippen molar-refractivity contribution in [2.75, 3.05) is 13.2 Å². The number of rotatable bonds is 11. The van der Waals surface area contributed by atoms with Crippen LogP contribution in [0.4, 0.5) is 4.79 Å². The Morgan fingerprint density at radius 1 is 1.06 bits per heavy atom. The summed E-state index contributed by atoms with van der Waals surface area (Å²) in [6, 6.07) is 8.68. The number of carboxylic acids is 1. The summed E-state index contributed by atoms with van der Waals surface area (Å²) in [4.78, 5) is 26.5. The van der Waals surface area contributed by atoms with E-state index in [0.717, 1.165) is 50.5 Å². The molecule has 0 heterocycles. The Bertz CT molecular complexity index is 801. The van der Waals surface area contributed by atoms with Crippen LogP contribution in [0.2, 0.25) is 0 Å². The van der Waals surface area contributed by atoms with Gasteiger partial charge >= 0.3 is 12.0 Å². The molecule has 1 aromatic carbocycles. The summed E-state index contributed by atoms with van der Waals surface area (Å²) < 4.78 is 6.28. The van der Waals surface area contributed by atoms with Gasteiger partial charge in [0.15, 0.2) is 0 Å². The Balaban J connectivity index is 1.50. The maximum atomic E-state index is 13.2. The number of carbonyl (C=O) groups excluding carboxylic acids is 1. The lowest BCUT2D eigenvalue weighted by Gasteiger charge is -2.32. The molecule has 1 aromatic rings. The second kappa shape index (κ2) is 13.3. The lowest BCUT2D eigenvalue weighted by Crippen LogP contribution is -2.46. The summed E-state index contributed by atoms with van der Waals surface area (Å²) in [6.07, 6.45) is 11.9. The molecule has 2 aliphatic carbocycles. The zero-order valence-electron chi connectivity index (χ0n) is 22.1. The molecule has 0 aromatic heterocycles. The van der Waals surface area contributed by atoms with E-state index in [9.17, 15) is 14.7 Å². The third-order valence-corrected chi connectivity index (χ3v) is 7.92. The zero-order valence-corrected chi connectivity index (χ0v) is 22.1. The van der Waals surface area contributed by atoms with E-state index in [4.69, 9.17) is 4.74 Å². The van der Waals surface area contributed by atoms with Crippen LogP contribution in [0, 0.1) is 18.3 Å². The number of ether oxygens (including phenoxy) is 1. The first kappa shape index (κ1) is 27.5. The number of aryl methyl sites for hydroxylation is 1. The first-order valence-corrected chi connectivity index (χ1v) is 13.7. The molecule has 0 bridgehead atoms. The molecule has 0 aliphatic heterocycles. The Kier molecular flexibility index (Phi) is 10.4. The van der Waals surface area contributed by atoms with E-state index in [-0.39, 0.29) is 18.2 Å². The average Bonchev–Trinajstić information content (AvgIpc) is 2.84. The van der Waals surface area contributed by atoms with Gasteiger partial charge in [0.1, 0.15) is 0 Å². The third kappa shape index (κ3) is 9.14. The fraction of sp³-hybridized carbons (Fsp3) is 0.724. The number of urea groups is 1. The summed E-state index contributed by atoms with van der Waals surface area (Å²) in [7, 11) is 0. The number of aliphatic carboxylic acids is 1. The molecular weight excluding hydrogens is 440 g/mol. The lowest BCUT2D eigenvalue weighted by molar-refractivity contribution is -0.147. The van der Waals surface area contributed by atoms with Gasteiger partial charge in [-0.25, -0.2) is 4.79 Å². The van der Waals surface area contributed by atoms with Crippen molar-refractivity contribution < 1.29 is 19.4 Å². The number of amides is 2. The van der Waals surface area contributed by atoms with Crippen LogP contribution in [0.15, 0.2) is 24.3 Å². The molecule has 2 aliphatic rings. The van der Waals surface area contributed by atoms with Gasteiger partial charge in [-0.1, -0.05) is 61.9 Å². The third-order valence-electron chi connectivity index (χ3n) is 7.92. The van der Waals surface area contributed by atoms with Crippen molar-refractivity contribution in [2.45, 2.75) is 110 Å². The second-order valence-electron chi connectivity index (χ2n) is 11.4. The van der Waals surface area contributed by atoms with Crippen molar-refractivity contribution in [2.24, 2.45) is 11.3 Å². The van der Waals surface area contributed by atoms with Crippen LogP contribution in [0.5, 0.6) is 0 Å². The number of hydrogen-bond acceptors (Lipinski definition) is 3. The Morgan fingerprint density at radius 2 is 1.77 bits per heavy atom. The molecule has 0 spiro atoms. The van der Waals surface area contributed by atoms with Crippen molar-refractivity contribution in [1.29, 1.82) is 0 Å².